The quantitative estimate of drug-likeness (QED) is 0.752. The monoisotopic (exact) mass is 291 g/mol. The average molecular weight is 291 g/mol. The summed E-state index contributed by atoms with van der Waals surface area (Å²) in [6.07, 6.45) is 0.919. The van der Waals surface area contributed by atoms with E-state index in [1.165, 1.54) is 23.8 Å². The van der Waals surface area contributed by atoms with Crippen molar-refractivity contribution in [3.8, 4) is 0 Å². The van der Waals surface area contributed by atoms with Crippen molar-refractivity contribution in [3.63, 3.8) is 0 Å². The molecule has 0 heterocycles. The maximum absolute atomic E-state index is 11.4. The summed E-state index contributed by atoms with van der Waals surface area (Å²) in [5, 5.41) is 8.23. The minimum Gasteiger partial charge on any atom is -0.397 e. The fraction of sp³-hybridized carbons (Fsp3) is 0.143. The van der Waals surface area contributed by atoms with Gasteiger partial charge in [0.25, 0.3) is 0 Å². The smallest absolute Gasteiger partial charge is 0.238 e. The molecule has 5 N–H and O–H groups in total. The molecule has 0 aliphatic rings. The van der Waals surface area contributed by atoms with Gasteiger partial charge in [-0.2, -0.15) is 0 Å². The van der Waals surface area contributed by atoms with Gasteiger partial charge in [-0.05, 0) is 42.3 Å². The molecule has 0 radical (unpaired) electrons. The number of primary sulfonamides is 1. The lowest BCUT2D eigenvalue weighted by atomic mass is 10.1. The lowest BCUT2D eigenvalue weighted by molar-refractivity contribution is 0.598. The van der Waals surface area contributed by atoms with Crippen LogP contribution >= 0.6 is 0 Å². The lowest BCUT2D eigenvalue weighted by Gasteiger charge is -2.11. The highest BCUT2D eigenvalue weighted by Crippen LogP contribution is 2.26. The predicted octanol–water partition coefficient (Wildman–Crippen LogP) is 2.22. The van der Waals surface area contributed by atoms with Crippen LogP contribution < -0.4 is 16.2 Å². The third kappa shape index (κ3) is 3.28. The molecular weight excluding hydrogens is 274 g/mol. The summed E-state index contributed by atoms with van der Waals surface area (Å²) in [5.74, 6) is 0. The molecule has 0 aromatic heterocycles. The normalized spacial score (nSPS) is 11.3. The average Bonchev–Trinajstić information content (AvgIpc) is 2.40. The Bertz CT molecular complexity index is 727. The van der Waals surface area contributed by atoms with E-state index in [-0.39, 0.29) is 4.90 Å². The van der Waals surface area contributed by atoms with Crippen molar-refractivity contribution in [1.82, 2.24) is 0 Å². The first-order chi connectivity index (χ1) is 9.40. The van der Waals surface area contributed by atoms with Crippen LogP contribution in [0.1, 0.15) is 12.5 Å². The summed E-state index contributed by atoms with van der Waals surface area (Å²) in [5.41, 5.74) is 8.86. The van der Waals surface area contributed by atoms with Crippen LogP contribution in [0.15, 0.2) is 47.4 Å². The van der Waals surface area contributed by atoms with Crippen molar-refractivity contribution in [2.24, 2.45) is 5.14 Å². The van der Waals surface area contributed by atoms with Gasteiger partial charge in [0.1, 0.15) is 0 Å². The molecule has 2 rings (SSSR count). The highest BCUT2D eigenvalue weighted by Gasteiger charge is 2.10. The summed E-state index contributed by atoms with van der Waals surface area (Å²) in [7, 11) is -3.74. The number of nitrogen functional groups attached to an aromatic ring is 1. The van der Waals surface area contributed by atoms with Gasteiger partial charge >= 0.3 is 0 Å². The number of sulfonamides is 1. The van der Waals surface area contributed by atoms with Crippen molar-refractivity contribution in [2.75, 3.05) is 11.1 Å². The van der Waals surface area contributed by atoms with Gasteiger partial charge in [0, 0.05) is 5.69 Å². The van der Waals surface area contributed by atoms with Crippen molar-refractivity contribution < 1.29 is 8.42 Å². The molecule has 0 saturated heterocycles. The number of nitrogens with two attached hydrogens (primary N) is 2. The fourth-order valence-corrected chi connectivity index (χ4v) is 2.38. The SMILES string of the molecule is CCc1cccc(Nc2cc(S(N)(=O)=O)ccc2N)c1. The number of rotatable bonds is 4. The van der Waals surface area contributed by atoms with Crippen LogP contribution in [0.5, 0.6) is 0 Å². The Morgan fingerprint density at radius 2 is 1.90 bits per heavy atom. The Labute approximate surface area is 118 Å². The van der Waals surface area contributed by atoms with Gasteiger partial charge in [0.15, 0.2) is 0 Å². The molecule has 0 unspecified atom stereocenters. The van der Waals surface area contributed by atoms with Gasteiger partial charge in [-0.3, -0.25) is 0 Å². The summed E-state index contributed by atoms with van der Waals surface area (Å²) >= 11 is 0. The lowest BCUT2D eigenvalue weighted by Crippen LogP contribution is -2.12. The van der Waals surface area contributed by atoms with Crippen molar-refractivity contribution in [3.05, 3.63) is 48.0 Å². The number of hydrogen-bond donors (Lipinski definition) is 3. The van der Waals surface area contributed by atoms with Gasteiger partial charge in [0.2, 0.25) is 10.0 Å². The highest BCUT2D eigenvalue weighted by molar-refractivity contribution is 7.89. The van der Waals surface area contributed by atoms with E-state index in [0.29, 0.717) is 11.4 Å². The van der Waals surface area contributed by atoms with Crippen molar-refractivity contribution in [2.45, 2.75) is 18.2 Å². The van der Waals surface area contributed by atoms with E-state index >= 15 is 0 Å². The van der Waals surface area contributed by atoms with Crippen molar-refractivity contribution in [1.29, 1.82) is 0 Å². The predicted molar refractivity (Wildman–Crippen MR) is 81.3 cm³/mol. The number of aryl methyl sites for hydroxylation is 1. The van der Waals surface area contributed by atoms with E-state index < -0.39 is 10.0 Å². The summed E-state index contributed by atoms with van der Waals surface area (Å²) in [4.78, 5) is 0.0286. The minimum atomic E-state index is -3.74. The fourth-order valence-electron chi connectivity index (χ4n) is 1.85. The summed E-state index contributed by atoms with van der Waals surface area (Å²) in [6, 6.07) is 12.2. The van der Waals surface area contributed by atoms with Gasteiger partial charge in [-0.15, -0.1) is 0 Å². The standard InChI is InChI=1S/C14H17N3O2S/c1-2-10-4-3-5-11(8-10)17-14-9-12(20(16,18)19)6-7-13(14)15/h3-9,17H,2,15H2,1H3,(H2,16,18,19). The van der Waals surface area contributed by atoms with Crippen LogP contribution in [-0.4, -0.2) is 8.42 Å². The minimum absolute atomic E-state index is 0.0286. The largest absolute Gasteiger partial charge is 0.397 e. The second kappa shape index (κ2) is 5.52. The van der Waals surface area contributed by atoms with E-state index in [1.54, 1.807) is 0 Å². The second-order valence-electron chi connectivity index (χ2n) is 4.47. The molecule has 6 heteroatoms. The van der Waals surface area contributed by atoms with E-state index in [0.717, 1.165) is 12.1 Å². The van der Waals surface area contributed by atoms with E-state index in [9.17, 15) is 8.42 Å². The molecule has 0 amide bonds. The third-order valence-electron chi connectivity index (χ3n) is 2.97. The summed E-state index contributed by atoms with van der Waals surface area (Å²) < 4.78 is 22.7. The van der Waals surface area contributed by atoms with Crippen LogP contribution in [0.3, 0.4) is 0 Å². The second-order valence-corrected chi connectivity index (χ2v) is 6.03. The third-order valence-corrected chi connectivity index (χ3v) is 3.88. The Kier molecular flexibility index (Phi) is 3.96. The van der Waals surface area contributed by atoms with Gasteiger partial charge < -0.3 is 11.1 Å². The molecule has 2 aromatic carbocycles. The molecule has 0 bridgehead atoms. The number of nitrogens with one attached hydrogen (secondary N) is 1. The Morgan fingerprint density at radius 3 is 2.55 bits per heavy atom. The first-order valence-electron chi connectivity index (χ1n) is 6.18. The zero-order chi connectivity index (χ0) is 14.8. The first-order valence-corrected chi connectivity index (χ1v) is 7.73. The van der Waals surface area contributed by atoms with Crippen LogP contribution in [0.25, 0.3) is 0 Å². The number of hydrogen-bond acceptors (Lipinski definition) is 4. The maximum atomic E-state index is 11.4. The van der Waals surface area contributed by atoms with E-state index in [2.05, 4.69) is 12.2 Å². The molecule has 106 valence electrons. The van der Waals surface area contributed by atoms with Gasteiger partial charge in [-0.25, -0.2) is 13.6 Å². The molecule has 0 spiro atoms. The topological polar surface area (TPSA) is 98.2 Å². The highest BCUT2D eigenvalue weighted by atomic mass is 32.2. The number of benzene rings is 2. The van der Waals surface area contributed by atoms with Crippen LogP contribution in [0.4, 0.5) is 17.1 Å². The van der Waals surface area contributed by atoms with Crippen LogP contribution in [0.2, 0.25) is 0 Å². The number of anilines is 3. The van der Waals surface area contributed by atoms with Crippen LogP contribution in [0, 0.1) is 0 Å². The molecule has 0 aliphatic heterocycles. The zero-order valence-corrected chi connectivity index (χ0v) is 11.9. The van der Waals surface area contributed by atoms with E-state index in [1.807, 2.05) is 24.3 Å². The van der Waals surface area contributed by atoms with Gasteiger partial charge in [-0.1, -0.05) is 19.1 Å². The zero-order valence-electron chi connectivity index (χ0n) is 11.1. The molecule has 5 nitrogen and oxygen atoms in total. The molecular formula is C14H17N3O2S. The first kappa shape index (κ1) is 14.4. The van der Waals surface area contributed by atoms with E-state index in [4.69, 9.17) is 10.9 Å². The van der Waals surface area contributed by atoms with Gasteiger partial charge in [0.05, 0.1) is 16.3 Å². The summed E-state index contributed by atoms with van der Waals surface area (Å²) in [6.45, 7) is 2.06. The molecule has 0 fully saturated rings. The Hall–Kier alpha value is -2.05. The van der Waals surface area contributed by atoms with Crippen molar-refractivity contribution >= 4 is 27.1 Å². The molecule has 0 atom stereocenters. The maximum Gasteiger partial charge on any atom is 0.238 e. The molecule has 0 aliphatic carbocycles. The molecule has 0 saturated carbocycles. The molecule has 20 heavy (non-hydrogen) atoms. The van der Waals surface area contributed by atoms with Crippen LogP contribution in [-0.2, 0) is 16.4 Å². The Balaban J connectivity index is 2.37. The Morgan fingerprint density at radius 1 is 1.15 bits per heavy atom. The molecule has 2 aromatic rings.